The fraction of sp³-hybridized carbons (Fsp3) is 0.552. The summed E-state index contributed by atoms with van der Waals surface area (Å²) in [6.45, 7) is 6.43. The number of hydrogen-bond donors (Lipinski definition) is 1. The van der Waals surface area contributed by atoms with Crippen molar-refractivity contribution >= 4 is 29.3 Å². The first-order valence-electron chi connectivity index (χ1n) is 13.5. The van der Waals surface area contributed by atoms with Crippen molar-refractivity contribution in [1.82, 2.24) is 14.8 Å². The van der Waals surface area contributed by atoms with Crippen molar-refractivity contribution in [2.75, 3.05) is 38.5 Å². The van der Waals surface area contributed by atoms with E-state index in [1.807, 2.05) is 31.2 Å². The molecule has 37 heavy (non-hydrogen) atoms. The number of carbonyl (C=O) groups excluding carboxylic acids is 2. The maximum absolute atomic E-state index is 13.4. The Hall–Kier alpha value is -2.64. The first-order valence-corrected chi connectivity index (χ1v) is 13.9. The fourth-order valence-electron chi connectivity index (χ4n) is 6.64. The van der Waals surface area contributed by atoms with E-state index in [2.05, 4.69) is 26.9 Å². The second kappa shape index (κ2) is 11.0. The van der Waals surface area contributed by atoms with Crippen LogP contribution in [0.15, 0.2) is 42.6 Å². The van der Waals surface area contributed by atoms with E-state index in [1.165, 1.54) is 5.56 Å². The summed E-state index contributed by atoms with van der Waals surface area (Å²) >= 11 is 6.15. The summed E-state index contributed by atoms with van der Waals surface area (Å²) in [7, 11) is 0. The van der Waals surface area contributed by atoms with Crippen molar-refractivity contribution in [3.63, 3.8) is 0 Å². The number of anilines is 1. The monoisotopic (exact) mass is 524 g/mol. The number of carbonyl (C=O) groups is 2. The lowest BCUT2D eigenvalue weighted by Crippen LogP contribution is -2.47. The highest BCUT2D eigenvalue weighted by Gasteiger charge is 2.64. The first-order chi connectivity index (χ1) is 17.9. The summed E-state index contributed by atoms with van der Waals surface area (Å²) in [4.78, 5) is 34.6. The second-order valence-corrected chi connectivity index (χ2v) is 11.2. The van der Waals surface area contributed by atoms with Crippen LogP contribution in [-0.2, 0) is 26.3 Å². The lowest BCUT2D eigenvalue weighted by molar-refractivity contribution is -0.146. The van der Waals surface area contributed by atoms with Crippen molar-refractivity contribution < 1.29 is 14.3 Å². The molecule has 2 atom stereocenters. The number of likely N-dealkylation sites (tertiary alicyclic amines) is 2. The van der Waals surface area contributed by atoms with Gasteiger partial charge in [0.15, 0.2) is 0 Å². The fourth-order valence-corrected chi connectivity index (χ4v) is 6.77. The zero-order valence-electron chi connectivity index (χ0n) is 21.6. The van der Waals surface area contributed by atoms with Gasteiger partial charge in [-0.3, -0.25) is 14.5 Å². The molecule has 8 heteroatoms. The van der Waals surface area contributed by atoms with Crippen LogP contribution in [0.5, 0.6) is 0 Å². The minimum atomic E-state index is -0.201. The number of amides is 1. The summed E-state index contributed by atoms with van der Waals surface area (Å²) in [6.07, 6.45) is 6.16. The van der Waals surface area contributed by atoms with Gasteiger partial charge in [0.1, 0.15) is 5.82 Å². The van der Waals surface area contributed by atoms with E-state index in [-0.39, 0.29) is 23.2 Å². The topological polar surface area (TPSA) is 88.8 Å². The van der Waals surface area contributed by atoms with Crippen LogP contribution in [0.2, 0.25) is 5.02 Å². The Morgan fingerprint density at radius 2 is 1.78 bits per heavy atom. The summed E-state index contributed by atoms with van der Waals surface area (Å²) < 4.78 is 5.40. The van der Waals surface area contributed by atoms with Crippen LogP contribution < -0.4 is 5.73 Å². The molecule has 1 amide bonds. The molecule has 7 nitrogen and oxygen atoms in total. The van der Waals surface area contributed by atoms with Gasteiger partial charge in [0, 0.05) is 42.2 Å². The molecule has 198 valence electrons. The van der Waals surface area contributed by atoms with E-state index >= 15 is 0 Å². The minimum absolute atomic E-state index is 0.0914. The second-order valence-electron chi connectivity index (χ2n) is 10.8. The van der Waals surface area contributed by atoms with Gasteiger partial charge >= 0.3 is 5.97 Å². The third-order valence-electron chi connectivity index (χ3n) is 8.68. The van der Waals surface area contributed by atoms with Crippen LogP contribution in [0.25, 0.3) is 0 Å². The number of benzene rings is 1. The Kier molecular flexibility index (Phi) is 7.72. The zero-order valence-corrected chi connectivity index (χ0v) is 22.3. The van der Waals surface area contributed by atoms with Gasteiger partial charge in [0.2, 0.25) is 5.91 Å². The molecule has 1 aromatic carbocycles. The lowest BCUT2D eigenvalue weighted by atomic mass is 9.75. The Balaban J connectivity index is 1.17. The van der Waals surface area contributed by atoms with Gasteiger partial charge in [0.25, 0.3) is 0 Å². The molecule has 0 unspecified atom stereocenters. The van der Waals surface area contributed by atoms with E-state index < -0.39 is 0 Å². The highest BCUT2D eigenvalue weighted by molar-refractivity contribution is 6.30. The largest absolute Gasteiger partial charge is 0.466 e. The minimum Gasteiger partial charge on any atom is -0.466 e. The van der Waals surface area contributed by atoms with Gasteiger partial charge in [-0.2, -0.15) is 0 Å². The normalized spacial score (nSPS) is 25.1. The number of hydrogen-bond acceptors (Lipinski definition) is 6. The number of nitrogens with two attached hydrogens (primary N) is 1. The predicted octanol–water partition coefficient (Wildman–Crippen LogP) is 4.29. The van der Waals surface area contributed by atoms with Crippen molar-refractivity contribution in [2.45, 2.75) is 51.0 Å². The van der Waals surface area contributed by atoms with Crippen LogP contribution in [0, 0.1) is 17.8 Å². The van der Waals surface area contributed by atoms with Crippen molar-refractivity contribution in [1.29, 1.82) is 0 Å². The molecule has 2 aromatic rings. The Morgan fingerprint density at radius 3 is 2.43 bits per heavy atom. The van der Waals surface area contributed by atoms with E-state index in [1.54, 1.807) is 6.20 Å². The van der Waals surface area contributed by atoms with Gasteiger partial charge in [0.05, 0.1) is 12.5 Å². The predicted molar refractivity (Wildman–Crippen MR) is 144 cm³/mol. The third kappa shape index (κ3) is 5.48. The number of pyridine rings is 1. The molecule has 2 N–H and O–H groups in total. The smallest absolute Gasteiger partial charge is 0.309 e. The van der Waals surface area contributed by atoms with Gasteiger partial charge in [-0.05, 0) is 93.4 Å². The molecule has 2 saturated heterocycles. The Morgan fingerprint density at radius 1 is 1.08 bits per heavy atom. The quantitative estimate of drug-likeness (QED) is 0.544. The number of piperidine rings is 2. The molecule has 3 fully saturated rings. The molecule has 0 spiro atoms. The maximum Gasteiger partial charge on any atom is 0.309 e. The molecule has 3 heterocycles. The van der Waals surface area contributed by atoms with Gasteiger partial charge in [-0.25, -0.2) is 4.98 Å². The average molecular weight is 525 g/mol. The molecular weight excluding hydrogens is 488 g/mol. The lowest BCUT2D eigenvalue weighted by Gasteiger charge is -2.40. The van der Waals surface area contributed by atoms with E-state index in [0.29, 0.717) is 29.3 Å². The summed E-state index contributed by atoms with van der Waals surface area (Å²) in [5.41, 5.74) is 7.95. The van der Waals surface area contributed by atoms with Crippen molar-refractivity contribution in [3.05, 3.63) is 58.7 Å². The zero-order chi connectivity index (χ0) is 26.0. The van der Waals surface area contributed by atoms with Crippen LogP contribution >= 0.6 is 11.6 Å². The Labute approximate surface area is 224 Å². The highest BCUT2D eigenvalue weighted by Crippen LogP contribution is 2.62. The summed E-state index contributed by atoms with van der Waals surface area (Å²) in [5, 5.41) is 0.698. The van der Waals surface area contributed by atoms with Crippen LogP contribution in [0.1, 0.15) is 50.2 Å². The van der Waals surface area contributed by atoms with E-state index in [0.717, 1.165) is 70.4 Å². The molecule has 1 saturated carbocycles. The van der Waals surface area contributed by atoms with Crippen LogP contribution in [0.4, 0.5) is 5.82 Å². The average Bonchev–Trinajstić information content (AvgIpc) is 3.67. The number of esters is 1. The maximum atomic E-state index is 13.4. The van der Waals surface area contributed by atoms with Crippen LogP contribution in [-0.4, -0.2) is 59.4 Å². The Bertz CT molecular complexity index is 1110. The number of aromatic nitrogens is 1. The molecule has 3 aliphatic rings. The standard InChI is InChI=1S/C29H37ClN4O3/c1-2-37-28(36)25-18-29(25,22-3-5-24(30)6-4-22)23-10-15-34(16-11-23)27(35)21-8-13-33(14-9-21)19-20-7-12-32-26(31)17-20/h3-7,12,17,21,23,25H,2,8-11,13-16,18-19H2,1H3,(H2,31,32)/t25-,29-/m1/s1. The molecule has 0 bridgehead atoms. The summed E-state index contributed by atoms with van der Waals surface area (Å²) in [5.74, 6) is 1.07. The highest BCUT2D eigenvalue weighted by atomic mass is 35.5. The van der Waals surface area contributed by atoms with Crippen molar-refractivity contribution in [3.8, 4) is 0 Å². The third-order valence-corrected chi connectivity index (χ3v) is 8.93. The SMILES string of the molecule is CCOC(=O)[C@H]1C[C@@]1(c1ccc(Cl)cc1)C1CCN(C(=O)C2CCN(Cc3ccnc(N)c3)CC2)CC1. The number of rotatable bonds is 7. The van der Waals surface area contributed by atoms with Crippen molar-refractivity contribution in [2.24, 2.45) is 17.8 Å². The van der Waals surface area contributed by atoms with Gasteiger partial charge in [-0.1, -0.05) is 23.7 Å². The number of ether oxygens (including phenoxy) is 1. The molecular formula is C29H37ClN4O3. The molecule has 1 aliphatic carbocycles. The summed E-state index contributed by atoms with van der Waals surface area (Å²) in [6, 6.07) is 11.9. The molecule has 0 radical (unpaired) electrons. The molecule has 5 rings (SSSR count). The van der Waals surface area contributed by atoms with Gasteiger partial charge in [-0.15, -0.1) is 0 Å². The number of nitrogen functional groups attached to an aromatic ring is 1. The van der Waals surface area contributed by atoms with E-state index in [9.17, 15) is 9.59 Å². The van der Waals surface area contributed by atoms with E-state index in [4.69, 9.17) is 22.1 Å². The number of halogens is 1. The van der Waals surface area contributed by atoms with Gasteiger partial charge < -0.3 is 15.4 Å². The molecule has 1 aromatic heterocycles. The van der Waals surface area contributed by atoms with Crippen LogP contribution in [0.3, 0.4) is 0 Å². The molecule has 2 aliphatic heterocycles. The number of nitrogens with zero attached hydrogens (tertiary/aromatic N) is 3. The first kappa shape index (κ1) is 26.0.